The Morgan fingerprint density at radius 2 is 1.62 bits per heavy atom. The van der Waals surface area contributed by atoms with Crippen molar-refractivity contribution in [2.75, 3.05) is 5.32 Å². The number of anilines is 1. The summed E-state index contributed by atoms with van der Waals surface area (Å²) >= 11 is 6.55. The Kier molecular flexibility index (Phi) is 8.81. The van der Waals surface area contributed by atoms with Gasteiger partial charge in [0.15, 0.2) is 11.3 Å². The topological polar surface area (TPSA) is 137 Å². The van der Waals surface area contributed by atoms with E-state index in [9.17, 15) is 9.59 Å². The Balaban J connectivity index is 0.889. The molecule has 12 nitrogen and oxygen atoms in total. The minimum atomic E-state index is -0.276. The summed E-state index contributed by atoms with van der Waals surface area (Å²) < 4.78 is 5.35. The lowest BCUT2D eigenvalue weighted by atomic mass is 9.91. The van der Waals surface area contributed by atoms with Crippen LogP contribution >= 0.6 is 11.6 Å². The molecule has 0 unspecified atom stereocenters. The van der Waals surface area contributed by atoms with Gasteiger partial charge in [0.05, 0.1) is 29.8 Å². The molecule has 7 aromatic rings. The highest BCUT2D eigenvalue weighted by atomic mass is 35.5. The maximum atomic E-state index is 13.5. The molecule has 2 amide bonds. The average Bonchev–Trinajstić information content (AvgIpc) is 3.92. The number of rotatable bonds is 8. The largest absolute Gasteiger partial charge is 0.348 e. The van der Waals surface area contributed by atoms with Gasteiger partial charge in [0.2, 0.25) is 0 Å². The number of para-hydroxylation sites is 1. The first-order valence-electron chi connectivity index (χ1n) is 17.2. The van der Waals surface area contributed by atoms with Crippen molar-refractivity contribution in [2.24, 2.45) is 0 Å². The van der Waals surface area contributed by atoms with Gasteiger partial charge in [0, 0.05) is 39.3 Å². The van der Waals surface area contributed by atoms with E-state index in [-0.39, 0.29) is 23.9 Å². The number of hydrogen-bond donors (Lipinski definition) is 2. The maximum Gasteiger partial charge on any atom is 0.272 e. The summed E-state index contributed by atoms with van der Waals surface area (Å²) in [6, 6.07) is 28.7. The van der Waals surface area contributed by atoms with E-state index in [0.717, 1.165) is 65.3 Å². The smallest absolute Gasteiger partial charge is 0.272 e. The molecule has 8 rings (SSSR count). The number of fused-ring (bicyclic) bond motifs is 1. The van der Waals surface area contributed by atoms with Crippen LogP contribution in [-0.4, -0.2) is 57.2 Å². The van der Waals surface area contributed by atoms with Gasteiger partial charge in [0.25, 0.3) is 11.8 Å². The molecule has 52 heavy (non-hydrogen) atoms. The molecule has 13 heteroatoms. The van der Waals surface area contributed by atoms with E-state index in [4.69, 9.17) is 16.7 Å². The van der Waals surface area contributed by atoms with Gasteiger partial charge >= 0.3 is 0 Å². The van der Waals surface area contributed by atoms with Crippen molar-refractivity contribution >= 4 is 34.7 Å². The Hall–Kier alpha value is -6.14. The number of nitrogens with zero attached hydrogens (tertiary/aromatic N) is 8. The van der Waals surface area contributed by atoms with E-state index in [1.807, 2.05) is 110 Å². The summed E-state index contributed by atoms with van der Waals surface area (Å²) in [5.41, 5.74) is 7.69. The number of hydrogen-bond acceptors (Lipinski definition) is 7. The SMILES string of the molecule is Cc1cc(C)n2ncc(C(=O)Nc3ccc(-c4cn(C5CCC(NC(=O)c6cc(-c7ccccc7Cl)n(-c7ccccc7)n6)CC5)nn4)cc3)c2n1. The summed E-state index contributed by atoms with van der Waals surface area (Å²) in [7, 11) is 0. The van der Waals surface area contributed by atoms with Crippen LogP contribution < -0.4 is 10.6 Å². The van der Waals surface area contributed by atoms with Gasteiger partial charge in [-0.1, -0.05) is 65.3 Å². The Morgan fingerprint density at radius 3 is 2.38 bits per heavy atom. The molecule has 0 aliphatic heterocycles. The van der Waals surface area contributed by atoms with Crippen LogP contribution in [0.1, 0.15) is 64.0 Å². The lowest BCUT2D eigenvalue weighted by molar-refractivity contribution is 0.0915. The first kappa shape index (κ1) is 33.0. The third kappa shape index (κ3) is 6.56. The Morgan fingerprint density at radius 1 is 0.865 bits per heavy atom. The first-order valence-corrected chi connectivity index (χ1v) is 17.6. The van der Waals surface area contributed by atoms with Crippen molar-refractivity contribution in [3.8, 4) is 28.2 Å². The third-order valence-corrected chi connectivity index (χ3v) is 9.80. The third-order valence-electron chi connectivity index (χ3n) is 9.47. The van der Waals surface area contributed by atoms with E-state index < -0.39 is 0 Å². The highest BCUT2D eigenvalue weighted by Crippen LogP contribution is 2.32. The minimum Gasteiger partial charge on any atom is -0.348 e. The molecule has 0 atom stereocenters. The number of nitrogens with one attached hydrogen (secondary N) is 2. The molecule has 1 saturated carbocycles. The molecule has 0 spiro atoms. The van der Waals surface area contributed by atoms with Gasteiger partial charge < -0.3 is 10.6 Å². The normalized spacial score (nSPS) is 15.8. The predicted octanol–water partition coefficient (Wildman–Crippen LogP) is 7.28. The van der Waals surface area contributed by atoms with Gasteiger partial charge in [-0.25, -0.2) is 18.9 Å². The van der Waals surface area contributed by atoms with E-state index in [0.29, 0.717) is 27.6 Å². The zero-order valence-electron chi connectivity index (χ0n) is 28.6. The summed E-state index contributed by atoms with van der Waals surface area (Å²) in [6.45, 7) is 3.82. The second kappa shape index (κ2) is 13.9. The zero-order valence-corrected chi connectivity index (χ0v) is 29.3. The molecule has 0 bridgehead atoms. The van der Waals surface area contributed by atoms with Gasteiger partial charge in [-0.05, 0) is 82.0 Å². The van der Waals surface area contributed by atoms with E-state index >= 15 is 0 Å². The van der Waals surface area contributed by atoms with E-state index in [2.05, 4.69) is 31.0 Å². The molecule has 4 heterocycles. The summed E-state index contributed by atoms with van der Waals surface area (Å²) in [5.74, 6) is -0.490. The fourth-order valence-electron chi connectivity index (χ4n) is 6.80. The minimum absolute atomic E-state index is 0.0182. The van der Waals surface area contributed by atoms with Gasteiger partial charge in [0.1, 0.15) is 11.3 Å². The van der Waals surface area contributed by atoms with Crippen molar-refractivity contribution in [1.82, 2.24) is 44.7 Å². The standard InChI is InChI=1S/C39H35ClN10O2/c1-24-20-25(2)49-37(42-24)32(22-41-49)38(51)43-27-14-12-26(13-15-27)35-23-48(47-45-35)29-18-16-28(17-19-29)44-39(52)34-21-36(31-10-6-7-11-33(31)40)50(46-34)30-8-4-3-5-9-30/h3-15,20-23,28-29H,16-19H2,1-2H3,(H,43,51)(H,44,52). The number of aryl methyl sites for hydroxylation is 2. The van der Waals surface area contributed by atoms with Crippen molar-refractivity contribution in [1.29, 1.82) is 0 Å². The van der Waals surface area contributed by atoms with E-state index in [1.165, 1.54) is 6.20 Å². The monoisotopic (exact) mass is 710 g/mol. The van der Waals surface area contributed by atoms with Crippen molar-refractivity contribution < 1.29 is 9.59 Å². The van der Waals surface area contributed by atoms with Crippen LogP contribution in [0.25, 0.3) is 33.8 Å². The van der Waals surface area contributed by atoms with Gasteiger partial charge in [-0.15, -0.1) is 5.10 Å². The fourth-order valence-corrected chi connectivity index (χ4v) is 7.04. The number of amides is 2. The van der Waals surface area contributed by atoms with E-state index in [1.54, 1.807) is 15.3 Å². The summed E-state index contributed by atoms with van der Waals surface area (Å²) in [5, 5.41) is 24.6. The number of aromatic nitrogens is 8. The quantitative estimate of drug-likeness (QED) is 0.169. The van der Waals surface area contributed by atoms with Crippen LogP contribution in [0, 0.1) is 13.8 Å². The molecular weight excluding hydrogens is 676 g/mol. The molecule has 1 aliphatic rings. The van der Waals surface area contributed by atoms with Gasteiger partial charge in [-0.2, -0.15) is 10.2 Å². The first-order chi connectivity index (χ1) is 25.3. The van der Waals surface area contributed by atoms with Crippen LogP contribution in [0.5, 0.6) is 0 Å². The zero-order chi connectivity index (χ0) is 35.8. The van der Waals surface area contributed by atoms with Crippen molar-refractivity contribution in [3.05, 3.63) is 131 Å². The predicted molar refractivity (Wildman–Crippen MR) is 199 cm³/mol. The molecule has 1 fully saturated rings. The lowest BCUT2D eigenvalue weighted by Crippen LogP contribution is -2.38. The Bertz CT molecular complexity index is 2410. The van der Waals surface area contributed by atoms with Crippen LogP contribution in [-0.2, 0) is 0 Å². The summed E-state index contributed by atoms with van der Waals surface area (Å²) in [6.07, 6.45) is 6.80. The molecule has 1 aliphatic carbocycles. The number of benzene rings is 3. The van der Waals surface area contributed by atoms with Gasteiger partial charge in [-0.3, -0.25) is 9.59 Å². The highest BCUT2D eigenvalue weighted by molar-refractivity contribution is 6.33. The molecular formula is C39H35ClN10O2. The molecule has 3 aromatic carbocycles. The highest BCUT2D eigenvalue weighted by Gasteiger charge is 2.27. The lowest BCUT2D eigenvalue weighted by Gasteiger charge is -2.28. The molecule has 260 valence electrons. The van der Waals surface area contributed by atoms with Crippen LogP contribution in [0.4, 0.5) is 5.69 Å². The number of carbonyl (C=O) groups excluding carboxylic acids is 2. The second-order valence-corrected chi connectivity index (χ2v) is 13.5. The maximum absolute atomic E-state index is 13.5. The Labute approximate surface area is 304 Å². The van der Waals surface area contributed by atoms with Crippen LogP contribution in [0.3, 0.4) is 0 Å². The molecule has 0 radical (unpaired) electrons. The molecule has 4 aromatic heterocycles. The second-order valence-electron chi connectivity index (χ2n) is 13.1. The molecule has 0 saturated heterocycles. The average molecular weight is 711 g/mol. The molecule has 2 N–H and O–H groups in total. The van der Waals surface area contributed by atoms with Crippen LogP contribution in [0.15, 0.2) is 103 Å². The van der Waals surface area contributed by atoms with Crippen LogP contribution in [0.2, 0.25) is 5.02 Å². The number of halogens is 1. The summed E-state index contributed by atoms with van der Waals surface area (Å²) in [4.78, 5) is 31.1. The fraction of sp³-hybridized carbons (Fsp3) is 0.205. The van der Waals surface area contributed by atoms with Crippen molar-refractivity contribution in [2.45, 2.75) is 51.6 Å². The van der Waals surface area contributed by atoms with Crippen molar-refractivity contribution in [3.63, 3.8) is 0 Å². The number of carbonyl (C=O) groups is 2.